The van der Waals surface area contributed by atoms with Gasteiger partial charge >= 0.3 is 11.9 Å². The molecule has 0 amide bonds. The lowest BCUT2D eigenvalue weighted by molar-refractivity contribution is -0.384. The fourth-order valence-electron chi connectivity index (χ4n) is 6.48. The van der Waals surface area contributed by atoms with Crippen molar-refractivity contribution < 1.29 is 24.0 Å². The molecule has 0 spiro atoms. The fraction of sp³-hybridized carbons (Fsp3) is 0.282. The topological polar surface area (TPSA) is 127 Å². The minimum Gasteiger partial charge on any atom is -0.456 e. The molecule has 9 heteroatoms. The Hall–Kier alpha value is -5.44. The Morgan fingerprint density at radius 1 is 0.625 bits per heavy atom. The number of non-ortho nitro benzene ring substituents is 1. The van der Waals surface area contributed by atoms with Crippen LogP contribution in [0, 0.1) is 10.1 Å². The molecular formula is C39H41N3O6. The SMILES string of the molecule is CCc1c(C(=O)OCc2ccccc2)[nH]c(C(c2ccc([N+](=O)[O-])cc2)c2[nH]c(C(=O)OCc3ccccc3)c(CC)c2CC)c1CC. The van der Waals surface area contributed by atoms with Gasteiger partial charge in [0.05, 0.1) is 10.8 Å². The van der Waals surface area contributed by atoms with Crippen LogP contribution in [-0.2, 0) is 48.4 Å². The molecule has 2 heterocycles. The van der Waals surface area contributed by atoms with E-state index in [0.717, 1.165) is 50.3 Å². The number of carbonyl (C=O) groups is 2. The number of ether oxygens (including phenoxy) is 2. The highest BCUT2D eigenvalue weighted by molar-refractivity contribution is 5.91. The number of nitro benzene ring substituents is 1. The molecule has 0 aliphatic heterocycles. The highest BCUT2D eigenvalue weighted by Gasteiger charge is 2.33. The summed E-state index contributed by atoms with van der Waals surface area (Å²) < 4.78 is 11.5. The highest BCUT2D eigenvalue weighted by atomic mass is 16.6. The number of H-pyrrole nitrogens is 2. The summed E-state index contributed by atoms with van der Waals surface area (Å²) in [7, 11) is 0. The first-order chi connectivity index (χ1) is 23.3. The van der Waals surface area contributed by atoms with E-state index in [1.165, 1.54) is 12.1 Å². The number of carbonyl (C=O) groups excluding carboxylic acids is 2. The van der Waals surface area contributed by atoms with Gasteiger partial charge in [-0.25, -0.2) is 9.59 Å². The van der Waals surface area contributed by atoms with Crippen molar-refractivity contribution in [2.45, 2.75) is 72.5 Å². The van der Waals surface area contributed by atoms with Gasteiger partial charge < -0.3 is 19.4 Å². The number of rotatable bonds is 14. The second kappa shape index (κ2) is 15.4. The van der Waals surface area contributed by atoms with Crippen LogP contribution in [-0.4, -0.2) is 26.8 Å². The Balaban J connectivity index is 1.63. The second-order valence-corrected chi connectivity index (χ2v) is 11.6. The van der Waals surface area contributed by atoms with Crippen LogP contribution in [0.2, 0.25) is 0 Å². The lowest BCUT2D eigenvalue weighted by atomic mass is 9.85. The molecule has 9 nitrogen and oxygen atoms in total. The van der Waals surface area contributed by atoms with E-state index in [1.54, 1.807) is 12.1 Å². The summed E-state index contributed by atoms with van der Waals surface area (Å²) in [5, 5.41) is 11.6. The van der Waals surface area contributed by atoms with Crippen LogP contribution >= 0.6 is 0 Å². The average molecular weight is 648 g/mol. The summed E-state index contributed by atoms with van der Waals surface area (Å²) in [6.07, 6.45) is 2.43. The molecule has 0 fully saturated rings. The van der Waals surface area contributed by atoms with Gasteiger partial charge in [0, 0.05) is 23.5 Å². The zero-order valence-electron chi connectivity index (χ0n) is 27.8. The third kappa shape index (κ3) is 7.10. The van der Waals surface area contributed by atoms with E-state index >= 15 is 0 Å². The molecule has 0 bridgehead atoms. The van der Waals surface area contributed by atoms with Gasteiger partial charge in [-0.1, -0.05) is 100 Å². The smallest absolute Gasteiger partial charge is 0.355 e. The molecule has 2 N–H and O–H groups in total. The summed E-state index contributed by atoms with van der Waals surface area (Å²) in [5.74, 6) is -1.42. The summed E-state index contributed by atoms with van der Waals surface area (Å²) in [4.78, 5) is 45.2. The van der Waals surface area contributed by atoms with Crippen molar-refractivity contribution >= 4 is 17.6 Å². The van der Waals surface area contributed by atoms with Crippen LogP contribution in [0.4, 0.5) is 5.69 Å². The third-order valence-corrected chi connectivity index (χ3v) is 8.76. The largest absolute Gasteiger partial charge is 0.456 e. The number of hydrogen-bond acceptors (Lipinski definition) is 6. The maximum atomic E-state index is 13.6. The van der Waals surface area contributed by atoms with Gasteiger partial charge in [0.1, 0.15) is 24.6 Å². The van der Waals surface area contributed by atoms with Gasteiger partial charge in [0.25, 0.3) is 5.69 Å². The van der Waals surface area contributed by atoms with Crippen LogP contribution in [0.15, 0.2) is 84.9 Å². The van der Waals surface area contributed by atoms with E-state index in [1.807, 2.05) is 88.4 Å². The van der Waals surface area contributed by atoms with Gasteiger partial charge in [-0.3, -0.25) is 10.1 Å². The molecule has 0 atom stereocenters. The predicted octanol–water partition coefficient (Wildman–Crippen LogP) is 8.39. The first kappa shape index (κ1) is 33.9. The van der Waals surface area contributed by atoms with Crippen LogP contribution in [0.25, 0.3) is 0 Å². The van der Waals surface area contributed by atoms with Crippen LogP contribution < -0.4 is 0 Å². The standard InChI is InChI=1S/C39H41N3O6/c1-5-29-31(7-3)36(38(43)47-23-25-15-11-9-12-16-25)40-34(29)33(27-19-21-28(22-20-27)42(45)46)35-30(6-2)32(8-4)37(41-35)39(44)48-24-26-17-13-10-14-18-26/h9-22,33,40-41H,5-8,23-24H2,1-4H3. The summed E-state index contributed by atoms with van der Waals surface area (Å²) in [6.45, 7) is 8.35. The minimum atomic E-state index is -0.502. The highest BCUT2D eigenvalue weighted by Crippen LogP contribution is 2.40. The van der Waals surface area contributed by atoms with Crippen molar-refractivity contribution in [1.29, 1.82) is 0 Å². The van der Waals surface area contributed by atoms with E-state index in [4.69, 9.17) is 9.47 Å². The average Bonchev–Trinajstić information content (AvgIpc) is 3.69. The molecule has 0 aliphatic carbocycles. The van der Waals surface area contributed by atoms with Crippen molar-refractivity contribution in [3.05, 3.63) is 157 Å². The Morgan fingerprint density at radius 3 is 1.38 bits per heavy atom. The molecule has 0 saturated heterocycles. The number of aromatic nitrogens is 2. The minimum absolute atomic E-state index is 0.0271. The van der Waals surface area contributed by atoms with Crippen molar-refractivity contribution in [3.63, 3.8) is 0 Å². The van der Waals surface area contributed by atoms with Crippen LogP contribution in [0.1, 0.15) is 105 Å². The maximum Gasteiger partial charge on any atom is 0.355 e. The molecule has 0 unspecified atom stereocenters. The number of nitro groups is 1. The molecule has 0 radical (unpaired) electrons. The van der Waals surface area contributed by atoms with Gasteiger partial charge in [0.2, 0.25) is 0 Å². The zero-order chi connectivity index (χ0) is 34.2. The number of esters is 2. The Morgan fingerprint density at radius 2 is 1.02 bits per heavy atom. The fourth-order valence-corrected chi connectivity index (χ4v) is 6.48. The van der Waals surface area contributed by atoms with E-state index in [9.17, 15) is 19.7 Å². The Bertz CT molecular complexity index is 1760. The Labute approximate surface area is 280 Å². The van der Waals surface area contributed by atoms with Crippen molar-refractivity contribution in [2.75, 3.05) is 0 Å². The summed E-state index contributed by atoms with van der Waals surface area (Å²) in [6, 6.07) is 25.5. The lowest BCUT2D eigenvalue weighted by Crippen LogP contribution is -2.11. The molecule has 3 aromatic carbocycles. The molecule has 0 aliphatic rings. The van der Waals surface area contributed by atoms with Crippen LogP contribution in [0.3, 0.4) is 0 Å². The lowest BCUT2D eigenvalue weighted by Gasteiger charge is -2.20. The van der Waals surface area contributed by atoms with Crippen LogP contribution in [0.5, 0.6) is 0 Å². The number of aromatic amines is 2. The van der Waals surface area contributed by atoms with Gasteiger partial charge in [-0.2, -0.15) is 0 Å². The van der Waals surface area contributed by atoms with Crippen molar-refractivity contribution in [1.82, 2.24) is 9.97 Å². The maximum absolute atomic E-state index is 13.6. The first-order valence-corrected chi connectivity index (χ1v) is 16.4. The summed E-state index contributed by atoms with van der Waals surface area (Å²) in [5.41, 5.74) is 8.49. The molecule has 0 saturated carbocycles. The third-order valence-electron chi connectivity index (χ3n) is 8.76. The van der Waals surface area contributed by atoms with E-state index < -0.39 is 22.8 Å². The Kier molecular flexibility index (Phi) is 10.9. The summed E-state index contributed by atoms with van der Waals surface area (Å²) >= 11 is 0. The molecule has 5 aromatic rings. The number of nitrogens with one attached hydrogen (secondary N) is 2. The predicted molar refractivity (Wildman–Crippen MR) is 184 cm³/mol. The second-order valence-electron chi connectivity index (χ2n) is 11.6. The monoisotopic (exact) mass is 647 g/mol. The van der Waals surface area contributed by atoms with Crippen molar-refractivity contribution in [3.8, 4) is 0 Å². The van der Waals surface area contributed by atoms with Gasteiger partial charge in [-0.05, 0) is 64.6 Å². The number of nitrogens with zero attached hydrogens (tertiary/aromatic N) is 1. The van der Waals surface area contributed by atoms with E-state index in [-0.39, 0.29) is 18.9 Å². The molecule has 248 valence electrons. The molecule has 48 heavy (non-hydrogen) atoms. The number of hydrogen-bond donors (Lipinski definition) is 2. The van der Waals surface area contributed by atoms with Crippen molar-refractivity contribution in [2.24, 2.45) is 0 Å². The van der Waals surface area contributed by atoms with E-state index in [0.29, 0.717) is 37.1 Å². The zero-order valence-corrected chi connectivity index (χ0v) is 27.8. The quantitative estimate of drug-likeness (QED) is 0.0708. The molecular weight excluding hydrogens is 606 g/mol. The normalized spacial score (nSPS) is 11.1. The van der Waals surface area contributed by atoms with Gasteiger partial charge in [0.15, 0.2) is 0 Å². The first-order valence-electron chi connectivity index (χ1n) is 16.4. The van der Waals surface area contributed by atoms with Gasteiger partial charge in [-0.15, -0.1) is 0 Å². The number of benzene rings is 3. The molecule has 2 aromatic heterocycles. The molecule has 5 rings (SSSR count). The van der Waals surface area contributed by atoms with E-state index in [2.05, 4.69) is 9.97 Å².